The minimum Gasteiger partial charge on any atom is -0.423 e. The molecular weight excluding hydrogens is 250 g/mol. The van der Waals surface area contributed by atoms with Gasteiger partial charge in [-0.3, -0.25) is 0 Å². The molecule has 1 aromatic carbocycles. The third-order valence-corrected chi connectivity index (χ3v) is 3.86. The quantitative estimate of drug-likeness (QED) is 0.874. The van der Waals surface area contributed by atoms with Crippen LogP contribution in [-0.2, 0) is 0 Å². The number of rotatable bonds is 6. The van der Waals surface area contributed by atoms with E-state index >= 15 is 0 Å². The maximum Gasteiger partial charge on any atom is 0.233 e. The van der Waals surface area contributed by atoms with Gasteiger partial charge < -0.3 is 9.73 Å². The van der Waals surface area contributed by atoms with Gasteiger partial charge in [0.15, 0.2) is 0 Å². The molecule has 1 N–H and O–H groups in total. The highest BCUT2D eigenvalue weighted by molar-refractivity contribution is 5.30. The summed E-state index contributed by atoms with van der Waals surface area (Å²) >= 11 is 0. The Hall–Kier alpha value is -1.68. The number of nitrogens with one attached hydrogen (secondary N) is 1. The van der Waals surface area contributed by atoms with E-state index in [0.29, 0.717) is 17.7 Å². The minimum atomic E-state index is 0.130. The fourth-order valence-electron chi connectivity index (χ4n) is 2.56. The first kappa shape index (κ1) is 13.3. The molecule has 4 nitrogen and oxygen atoms in total. The van der Waals surface area contributed by atoms with E-state index < -0.39 is 0 Å². The highest BCUT2D eigenvalue weighted by atomic mass is 16.4. The molecular formula is C16H21N3O. The average Bonchev–Trinajstić information content (AvgIpc) is 3.14. The second-order valence-electron chi connectivity index (χ2n) is 5.51. The van der Waals surface area contributed by atoms with Crippen LogP contribution < -0.4 is 5.32 Å². The molecule has 1 aromatic heterocycles. The number of benzene rings is 1. The van der Waals surface area contributed by atoms with Gasteiger partial charge in [-0.1, -0.05) is 37.3 Å². The lowest BCUT2D eigenvalue weighted by Gasteiger charge is -2.07. The van der Waals surface area contributed by atoms with Crippen molar-refractivity contribution in [3.8, 4) is 0 Å². The molecule has 1 saturated carbocycles. The van der Waals surface area contributed by atoms with Crippen LogP contribution in [0.2, 0.25) is 0 Å². The molecule has 0 bridgehead atoms. The maximum absolute atomic E-state index is 5.83. The van der Waals surface area contributed by atoms with Gasteiger partial charge in [0.05, 0.1) is 6.04 Å². The van der Waals surface area contributed by atoms with Crippen molar-refractivity contribution in [1.82, 2.24) is 15.5 Å². The van der Waals surface area contributed by atoms with Crippen LogP contribution in [0.3, 0.4) is 0 Å². The van der Waals surface area contributed by atoms with Gasteiger partial charge in [0.1, 0.15) is 0 Å². The Kier molecular flexibility index (Phi) is 3.83. The molecule has 0 spiro atoms. The van der Waals surface area contributed by atoms with Crippen LogP contribution in [-0.4, -0.2) is 16.7 Å². The highest BCUT2D eigenvalue weighted by Gasteiger charge is 2.43. The normalized spacial score (nSPS) is 22.7. The number of nitrogens with zero attached hydrogens (tertiary/aromatic N) is 2. The van der Waals surface area contributed by atoms with Crippen LogP contribution >= 0.6 is 0 Å². The smallest absolute Gasteiger partial charge is 0.233 e. The Morgan fingerprint density at radius 3 is 2.80 bits per heavy atom. The molecule has 3 unspecified atom stereocenters. The van der Waals surface area contributed by atoms with Crippen molar-refractivity contribution in [3.63, 3.8) is 0 Å². The largest absolute Gasteiger partial charge is 0.423 e. The zero-order valence-electron chi connectivity index (χ0n) is 12.0. The maximum atomic E-state index is 5.83. The van der Waals surface area contributed by atoms with E-state index in [0.717, 1.165) is 25.3 Å². The van der Waals surface area contributed by atoms with E-state index in [1.807, 2.05) is 6.07 Å². The van der Waals surface area contributed by atoms with Crippen molar-refractivity contribution < 1.29 is 4.42 Å². The van der Waals surface area contributed by atoms with Gasteiger partial charge in [0, 0.05) is 5.92 Å². The van der Waals surface area contributed by atoms with Gasteiger partial charge >= 0.3 is 0 Å². The zero-order chi connectivity index (χ0) is 13.9. The van der Waals surface area contributed by atoms with Gasteiger partial charge in [-0.25, -0.2) is 0 Å². The summed E-state index contributed by atoms with van der Waals surface area (Å²) in [5.74, 6) is 2.44. The van der Waals surface area contributed by atoms with Gasteiger partial charge in [0.2, 0.25) is 11.8 Å². The topological polar surface area (TPSA) is 51.0 Å². The van der Waals surface area contributed by atoms with Gasteiger partial charge in [-0.15, -0.1) is 10.2 Å². The van der Waals surface area contributed by atoms with Crippen LogP contribution in [0.15, 0.2) is 34.7 Å². The first-order valence-electron chi connectivity index (χ1n) is 7.41. The van der Waals surface area contributed by atoms with Gasteiger partial charge in [-0.05, 0) is 37.8 Å². The van der Waals surface area contributed by atoms with E-state index in [1.165, 1.54) is 5.56 Å². The fourth-order valence-corrected chi connectivity index (χ4v) is 2.56. The zero-order valence-corrected chi connectivity index (χ0v) is 12.0. The molecule has 4 heteroatoms. The Morgan fingerprint density at radius 1 is 1.25 bits per heavy atom. The van der Waals surface area contributed by atoms with Crippen LogP contribution in [0.25, 0.3) is 0 Å². The third kappa shape index (κ3) is 2.75. The van der Waals surface area contributed by atoms with Crippen LogP contribution in [0.1, 0.15) is 61.9 Å². The summed E-state index contributed by atoms with van der Waals surface area (Å²) in [7, 11) is 0. The Morgan fingerprint density at radius 2 is 2.05 bits per heavy atom. The lowest BCUT2D eigenvalue weighted by atomic mass is 10.1. The fraction of sp³-hybridized carbons (Fsp3) is 0.500. The SMILES string of the molecule is CCCNC(C)c1nnc(C2CC2c2ccccc2)o1. The van der Waals surface area contributed by atoms with Crippen molar-refractivity contribution in [1.29, 1.82) is 0 Å². The predicted octanol–water partition coefficient (Wildman–Crippen LogP) is 3.40. The van der Waals surface area contributed by atoms with Crippen molar-refractivity contribution in [3.05, 3.63) is 47.7 Å². The van der Waals surface area contributed by atoms with Crippen molar-refractivity contribution in [2.24, 2.45) is 0 Å². The van der Waals surface area contributed by atoms with Crippen LogP contribution in [0.5, 0.6) is 0 Å². The summed E-state index contributed by atoms with van der Waals surface area (Å²) in [4.78, 5) is 0. The number of aromatic nitrogens is 2. The standard InChI is InChI=1S/C16H21N3O/c1-3-9-17-11(2)15-18-19-16(20-15)14-10-13(14)12-7-5-4-6-8-12/h4-8,11,13-14,17H,3,9-10H2,1-2H3. The lowest BCUT2D eigenvalue weighted by molar-refractivity contribution is 0.392. The summed E-state index contributed by atoms with van der Waals surface area (Å²) in [5.41, 5.74) is 1.37. The van der Waals surface area contributed by atoms with E-state index in [9.17, 15) is 0 Å². The summed E-state index contributed by atoms with van der Waals surface area (Å²) in [5, 5.41) is 11.8. The summed E-state index contributed by atoms with van der Waals surface area (Å²) in [6.07, 6.45) is 2.21. The van der Waals surface area contributed by atoms with E-state index in [4.69, 9.17) is 4.42 Å². The van der Waals surface area contributed by atoms with Crippen LogP contribution in [0.4, 0.5) is 0 Å². The third-order valence-electron chi connectivity index (χ3n) is 3.86. The monoisotopic (exact) mass is 271 g/mol. The minimum absolute atomic E-state index is 0.130. The molecule has 20 heavy (non-hydrogen) atoms. The first-order chi connectivity index (χ1) is 9.79. The summed E-state index contributed by atoms with van der Waals surface area (Å²) < 4.78 is 5.83. The Labute approximate surface area is 119 Å². The van der Waals surface area contributed by atoms with Crippen molar-refractivity contribution in [2.75, 3.05) is 6.54 Å². The van der Waals surface area contributed by atoms with Gasteiger partial charge in [0.25, 0.3) is 0 Å². The van der Waals surface area contributed by atoms with E-state index in [-0.39, 0.29) is 6.04 Å². The Balaban J connectivity index is 1.64. The molecule has 0 amide bonds. The van der Waals surface area contributed by atoms with Gasteiger partial charge in [-0.2, -0.15) is 0 Å². The molecule has 1 aliphatic carbocycles. The highest BCUT2D eigenvalue weighted by Crippen LogP contribution is 2.54. The first-order valence-corrected chi connectivity index (χ1v) is 7.41. The van der Waals surface area contributed by atoms with Crippen LogP contribution in [0, 0.1) is 0 Å². The predicted molar refractivity (Wildman–Crippen MR) is 77.5 cm³/mol. The molecule has 106 valence electrons. The Bertz CT molecular complexity index is 552. The average molecular weight is 271 g/mol. The second kappa shape index (κ2) is 5.75. The van der Waals surface area contributed by atoms with Crippen molar-refractivity contribution >= 4 is 0 Å². The molecule has 0 saturated heterocycles. The second-order valence-corrected chi connectivity index (χ2v) is 5.51. The summed E-state index contributed by atoms with van der Waals surface area (Å²) in [6, 6.07) is 10.7. The molecule has 3 atom stereocenters. The lowest BCUT2D eigenvalue weighted by Crippen LogP contribution is -2.19. The molecule has 1 aliphatic rings. The molecule has 1 fully saturated rings. The van der Waals surface area contributed by atoms with E-state index in [2.05, 4.69) is 53.6 Å². The molecule has 0 aliphatic heterocycles. The van der Waals surface area contributed by atoms with E-state index in [1.54, 1.807) is 0 Å². The molecule has 2 aromatic rings. The van der Waals surface area contributed by atoms with Crippen molar-refractivity contribution in [2.45, 2.75) is 44.6 Å². The molecule has 0 radical (unpaired) electrons. The number of hydrogen-bond donors (Lipinski definition) is 1. The number of hydrogen-bond acceptors (Lipinski definition) is 4. The molecule has 1 heterocycles. The molecule has 3 rings (SSSR count). The summed E-state index contributed by atoms with van der Waals surface area (Å²) in [6.45, 7) is 5.18.